The number of aryl methyl sites for hydroxylation is 2. The number of nitrogens with zero attached hydrogens (tertiary/aromatic N) is 1. The first-order valence-electron chi connectivity index (χ1n) is 10.3. The van der Waals surface area contributed by atoms with Crippen molar-refractivity contribution in [3.8, 4) is 0 Å². The molecule has 0 saturated carbocycles. The molecule has 0 saturated heterocycles. The third-order valence-corrected chi connectivity index (χ3v) is 5.98. The highest BCUT2D eigenvalue weighted by Gasteiger charge is 2.35. The van der Waals surface area contributed by atoms with Crippen molar-refractivity contribution in [1.82, 2.24) is 5.32 Å². The van der Waals surface area contributed by atoms with Gasteiger partial charge in [0.15, 0.2) is 6.04 Å². The maximum Gasteiger partial charge on any atom is 0.251 e. The van der Waals surface area contributed by atoms with Gasteiger partial charge in [-0.1, -0.05) is 24.3 Å². The lowest BCUT2D eigenvalue weighted by atomic mass is 10.1. The van der Waals surface area contributed by atoms with Crippen molar-refractivity contribution >= 4 is 28.8 Å². The molecule has 3 heterocycles. The van der Waals surface area contributed by atoms with E-state index in [1.54, 1.807) is 35.4 Å². The van der Waals surface area contributed by atoms with Crippen molar-refractivity contribution in [2.45, 2.75) is 32.9 Å². The van der Waals surface area contributed by atoms with E-state index in [9.17, 15) is 9.59 Å². The summed E-state index contributed by atoms with van der Waals surface area (Å²) in [5, 5.41) is 4.83. The second kappa shape index (κ2) is 9.70. The Morgan fingerprint density at radius 1 is 1.03 bits per heavy atom. The molecule has 1 unspecified atom stereocenters. The average molecular weight is 449 g/mol. The molecule has 4 rings (SSSR count). The first kappa shape index (κ1) is 21.6. The molecule has 0 bridgehead atoms. The number of para-hydroxylation sites is 1. The first-order chi connectivity index (χ1) is 15.5. The summed E-state index contributed by atoms with van der Waals surface area (Å²) in [7, 11) is 0. The van der Waals surface area contributed by atoms with Crippen LogP contribution in [0.5, 0.6) is 0 Å². The SMILES string of the molecule is Cc1ccc(C(C(=O)NCc2ccco2)N(C(=O)Cc2cccs2)c2ccccc2C)o1. The molecule has 164 valence electrons. The molecule has 32 heavy (non-hydrogen) atoms. The minimum absolute atomic E-state index is 0.186. The Morgan fingerprint density at radius 2 is 1.88 bits per heavy atom. The summed E-state index contributed by atoms with van der Waals surface area (Å²) < 4.78 is 11.2. The van der Waals surface area contributed by atoms with Gasteiger partial charge in [-0.05, 0) is 61.2 Å². The molecule has 3 aromatic heterocycles. The van der Waals surface area contributed by atoms with Crippen LogP contribution in [0.25, 0.3) is 0 Å². The normalized spacial score (nSPS) is 11.8. The van der Waals surface area contributed by atoms with Crippen LogP contribution in [0.1, 0.15) is 33.8 Å². The molecule has 1 aromatic carbocycles. The third kappa shape index (κ3) is 4.84. The maximum atomic E-state index is 13.6. The van der Waals surface area contributed by atoms with Gasteiger partial charge < -0.3 is 14.2 Å². The smallest absolute Gasteiger partial charge is 0.251 e. The number of amides is 2. The topological polar surface area (TPSA) is 75.7 Å². The molecule has 0 fully saturated rings. The van der Waals surface area contributed by atoms with Crippen LogP contribution < -0.4 is 10.2 Å². The van der Waals surface area contributed by atoms with E-state index in [-0.39, 0.29) is 24.8 Å². The van der Waals surface area contributed by atoms with Crippen LogP contribution in [0.3, 0.4) is 0 Å². The Hall–Kier alpha value is -3.58. The van der Waals surface area contributed by atoms with Crippen LogP contribution in [0.4, 0.5) is 5.69 Å². The number of carbonyl (C=O) groups is 2. The van der Waals surface area contributed by atoms with Gasteiger partial charge >= 0.3 is 0 Å². The zero-order chi connectivity index (χ0) is 22.5. The van der Waals surface area contributed by atoms with Crippen LogP contribution in [-0.4, -0.2) is 11.8 Å². The van der Waals surface area contributed by atoms with Gasteiger partial charge in [-0.2, -0.15) is 0 Å². The van der Waals surface area contributed by atoms with Gasteiger partial charge in [-0.25, -0.2) is 0 Å². The first-order valence-corrected chi connectivity index (χ1v) is 11.2. The molecule has 0 aliphatic carbocycles. The maximum absolute atomic E-state index is 13.6. The van der Waals surface area contributed by atoms with Gasteiger partial charge in [0.05, 0.1) is 19.2 Å². The highest BCUT2D eigenvalue weighted by atomic mass is 32.1. The van der Waals surface area contributed by atoms with E-state index in [2.05, 4.69) is 5.32 Å². The molecule has 0 spiro atoms. The lowest BCUT2D eigenvalue weighted by molar-refractivity contribution is -0.127. The zero-order valence-electron chi connectivity index (χ0n) is 17.9. The van der Waals surface area contributed by atoms with Gasteiger partial charge in [0.2, 0.25) is 5.91 Å². The molecule has 6 nitrogen and oxygen atoms in total. The minimum Gasteiger partial charge on any atom is -0.467 e. The number of hydrogen-bond donors (Lipinski definition) is 1. The largest absolute Gasteiger partial charge is 0.467 e. The second-order valence-corrected chi connectivity index (χ2v) is 8.49. The molecule has 7 heteroatoms. The van der Waals surface area contributed by atoms with Crippen LogP contribution in [0.15, 0.2) is 81.1 Å². The summed E-state index contributed by atoms with van der Waals surface area (Å²) in [6.07, 6.45) is 1.74. The van der Waals surface area contributed by atoms with E-state index >= 15 is 0 Å². The van der Waals surface area contributed by atoms with Crippen molar-refractivity contribution in [2.24, 2.45) is 0 Å². The van der Waals surface area contributed by atoms with Crippen LogP contribution >= 0.6 is 11.3 Å². The number of furan rings is 2. The highest BCUT2D eigenvalue weighted by molar-refractivity contribution is 7.10. The number of rotatable bonds is 8. The lowest BCUT2D eigenvalue weighted by Gasteiger charge is -2.31. The van der Waals surface area contributed by atoms with Gasteiger partial charge in [0.25, 0.3) is 5.91 Å². The molecule has 1 N–H and O–H groups in total. The van der Waals surface area contributed by atoms with Crippen molar-refractivity contribution in [3.05, 3.63) is 100 Å². The van der Waals surface area contributed by atoms with E-state index in [4.69, 9.17) is 8.83 Å². The summed E-state index contributed by atoms with van der Waals surface area (Å²) in [4.78, 5) is 29.6. The van der Waals surface area contributed by atoms with Crippen molar-refractivity contribution in [1.29, 1.82) is 0 Å². The number of anilines is 1. The summed E-state index contributed by atoms with van der Waals surface area (Å²) in [5.41, 5.74) is 1.56. The molecular formula is C25H24N2O4S. The van der Waals surface area contributed by atoms with E-state index in [0.29, 0.717) is 23.0 Å². The minimum atomic E-state index is -0.966. The number of nitrogens with one attached hydrogen (secondary N) is 1. The fraction of sp³-hybridized carbons (Fsp3) is 0.200. The predicted molar refractivity (Wildman–Crippen MR) is 123 cm³/mol. The van der Waals surface area contributed by atoms with Gasteiger partial charge in [0.1, 0.15) is 17.3 Å². The van der Waals surface area contributed by atoms with Crippen LogP contribution in [0.2, 0.25) is 0 Å². The van der Waals surface area contributed by atoms with Crippen LogP contribution in [0, 0.1) is 13.8 Å². The van der Waals surface area contributed by atoms with Gasteiger partial charge in [-0.3, -0.25) is 14.5 Å². The molecular weight excluding hydrogens is 424 g/mol. The Kier molecular flexibility index (Phi) is 6.56. The Bertz CT molecular complexity index is 1180. The molecule has 0 aliphatic rings. The zero-order valence-corrected chi connectivity index (χ0v) is 18.7. The second-order valence-electron chi connectivity index (χ2n) is 7.45. The molecule has 2 amide bonds. The Labute approximate surface area is 190 Å². The highest BCUT2D eigenvalue weighted by Crippen LogP contribution is 2.32. The Balaban J connectivity index is 1.73. The lowest BCUT2D eigenvalue weighted by Crippen LogP contribution is -2.44. The summed E-state index contributed by atoms with van der Waals surface area (Å²) in [5.74, 6) is 1.16. The molecule has 0 radical (unpaired) electrons. The van der Waals surface area contributed by atoms with Crippen LogP contribution in [-0.2, 0) is 22.6 Å². The number of benzene rings is 1. The monoisotopic (exact) mass is 448 g/mol. The van der Waals surface area contributed by atoms with Crippen molar-refractivity contribution in [3.63, 3.8) is 0 Å². The summed E-state index contributed by atoms with van der Waals surface area (Å²) in [6, 6.07) is 17.5. The molecule has 0 aliphatic heterocycles. The Morgan fingerprint density at radius 3 is 2.53 bits per heavy atom. The summed E-state index contributed by atoms with van der Waals surface area (Å²) in [6.45, 7) is 3.95. The summed E-state index contributed by atoms with van der Waals surface area (Å²) >= 11 is 1.51. The average Bonchev–Trinajstić information content (AvgIpc) is 3.54. The third-order valence-electron chi connectivity index (χ3n) is 5.10. The fourth-order valence-corrected chi connectivity index (χ4v) is 4.25. The van der Waals surface area contributed by atoms with E-state index < -0.39 is 6.04 Å². The van der Waals surface area contributed by atoms with E-state index in [0.717, 1.165) is 10.4 Å². The van der Waals surface area contributed by atoms with Crippen molar-refractivity contribution < 1.29 is 18.4 Å². The standard InChI is InChI=1S/C25H24N2O4S/c1-17-7-3-4-10-21(17)27(23(28)15-20-9-6-14-32-20)24(22-12-11-18(2)31-22)25(29)26-16-19-8-5-13-30-19/h3-14,24H,15-16H2,1-2H3,(H,26,29). The van der Waals surface area contributed by atoms with Gasteiger partial charge in [-0.15, -0.1) is 11.3 Å². The number of hydrogen-bond acceptors (Lipinski definition) is 5. The molecule has 1 atom stereocenters. The number of carbonyl (C=O) groups excluding carboxylic acids is 2. The molecule has 4 aromatic rings. The van der Waals surface area contributed by atoms with E-state index in [1.165, 1.54) is 11.3 Å². The number of thiophene rings is 1. The fourth-order valence-electron chi connectivity index (χ4n) is 3.56. The van der Waals surface area contributed by atoms with Crippen molar-refractivity contribution in [2.75, 3.05) is 4.90 Å². The quantitative estimate of drug-likeness (QED) is 0.403. The van der Waals surface area contributed by atoms with Gasteiger partial charge in [0, 0.05) is 10.6 Å². The van der Waals surface area contributed by atoms with E-state index in [1.807, 2.05) is 55.6 Å². The predicted octanol–water partition coefficient (Wildman–Crippen LogP) is 5.18.